The van der Waals surface area contributed by atoms with Crippen molar-refractivity contribution in [1.29, 1.82) is 0 Å². The molecule has 6 nitrogen and oxygen atoms in total. The standard InChI is InChI=1S/C19H25N3O3/c1-12-7-10-22(15(11-12)16-6-5-14(3)25-16)19(24)20-17-13(2)8-9-21(4)18(17)23/h5-6,8-9,12,15H,7,10-11H2,1-4H3,(H,20,24). The molecule has 2 unspecified atom stereocenters. The molecule has 2 aromatic heterocycles. The summed E-state index contributed by atoms with van der Waals surface area (Å²) in [7, 11) is 1.68. The number of carbonyl (C=O) groups excluding carboxylic acids is 1. The van der Waals surface area contributed by atoms with Crippen molar-refractivity contribution in [3.05, 3.63) is 51.8 Å². The highest BCUT2D eigenvalue weighted by molar-refractivity contribution is 5.90. The Morgan fingerprint density at radius 2 is 2.04 bits per heavy atom. The lowest BCUT2D eigenvalue weighted by atomic mass is 9.91. The van der Waals surface area contributed by atoms with E-state index in [0.717, 1.165) is 29.9 Å². The van der Waals surface area contributed by atoms with E-state index in [2.05, 4.69) is 12.2 Å². The average Bonchev–Trinajstić information content (AvgIpc) is 3.01. The summed E-state index contributed by atoms with van der Waals surface area (Å²) in [5.41, 5.74) is 0.888. The van der Waals surface area contributed by atoms with Crippen LogP contribution < -0.4 is 10.9 Å². The minimum absolute atomic E-state index is 0.106. The molecule has 0 saturated carbocycles. The Morgan fingerprint density at radius 1 is 1.28 bits per heavy atom. The quantitative estimate of drug-likeness (QED) is 0.906. The molecule has 1 N–H and O–H groups in total. The van der Waals surface area contributed by atoms with Crippen LogP contribution in [0, 0.1) is 19.8 Å². The summed E-state index contributed by atoms with van der Waals surface area (Å²) in [6, 6.07) is 5.32. The van der Waals surface area contributed by atoms with Gasteiger partial charge in [0.25, 0.3) is 5.56 Å². The highest BCUT2D eigenvalue weighted by Crippen LogP contribution is 2.35. The van der Waals surface area contributed by atoms with E-state index < -0.39 is 0 Å². The molecule has 1 saturated heterocycles. The molecule has 0 aliphatic carbocycles. The zero-order valence-corrected chi connectivity index (χ0v) is 15.2. The Balaban J connectivity index is 1.87. The Morgan fingerprint density at radius 3 is 2.72 bits per heavy atom. The monoisotopic (exact) mass is 343 g/mol. The first kappa shape index (κ1) is 17.3. The molecule has 1 aliphatic heterocycles. The van der Waals surface area contributed by atoms with Gasteiger partial charge in [-0.05, 0) is 56.4 Å². The van der Waals surface area contributed by atoms with Crippen molar-refractivity contribution in [2.45, 2.75) is 39.7 Å². The number of amides is 2. The molecule has 0 bridgehead atoms. The van der Waals surface area contributed by atoms with Gasteiger partial charge in [-0.1, -0.05) is 6.92 Å². The largest absolute Gasteiger partial charge is 0.464 e. The van der Waals surface area contributed by atoms with Gasteiger partial charge >= 0.3 is 6.03 Å². The number of pyridine rings is 1. The summed E-state index contributed by atoms with van der Waals surface area (Å²) >= 11 is 0. The molecular formula is C19H25N3O3. The van der Waals surface area contributed by atoms with E-state index in [9.17, 15) is 9.59 Å². The lowest BCUT2D eigenvalue weighted by Crippen LogP contribution is -2.43. The van der Waals surface area contributed by atoms with Crippen molar-refractivity contribution in [2.75, 3.05) is 11.9 Å². The van der Waals surface area contributed by atoms with Crippen molar-refractivity contribution >= 4 is 11.7 Å². The van der Waals surface area contributed by atoms with Gasteiger partial charge in [-0.2, -0.15) is 0 Å². The molecule has 2 aromatic rings. The SMILES string of the molecule is Cc1ccc(C2CC(C)CCN2C(=O)Nc2c(C)ccn(C)c2=O)o1. The molecule has 25 heavy (non-hydrogen) atoms. The number of aromatic nitrogens is 1. The molecule has 0 radical (unpaired) electrons. The second-order valence-electron chi connectivity index (χ2n) is 7.01. The van der Waals surface area contributed by atoms with E-state index >= 15 is 0 Å². The van der Waals surface area contributed by atoms with Gasteiger partial charge in [0.2, 0.25) is 0 Å². The lowest BCUT2D eigenvalue weighted by molar-refractivity contribution is 0.128. The third-order valence-corrected chi connectivity index (χ3v) is 4.92. The normalized spacial score (nSPS) is 20.6. The first-order valence-corrected chi connectivity index (χ1v) is 8.67. The van der Waals surface area contributed by atoms with Gasteiger partial charge in [0.1, 0.15) is 17.2 Å². The highest BCUT2D eigenvalue weighted by atomic mass is 16.3. The highest BCUT2D eigenvalue weighted by Gasteiger charge is 2.33. The van der Waals surface area contributed by atoms with Crippen molar-refractivity contribution in [1.82, 2.24) is 9.47 Å². The number of likely N-dealkylation sites (tertiary alicyclic amines) is 1. The fourth-order valence-corrected chi connectivity index (χ4v) is 3.34. The minimum atomic E-state index is -0.252. The number of carbonyl (C=O) groups is 1. The second kappa shape index (κ2) is 6.78. The minimum Gasteiger partial charge on any atom is -0.464 e. The molecule has 3 heterocycles. The van der Waals surface area contributed by atoms with Gasteiger partial charge < -0.3 is 19.2 Å². The van der Waals surface area contributed by atoms with Gasteiger partial charge in [0, 0.05) is 19.8 Å². The maximum Gasteiger partial charge on any atom is 0.322 e. The second-order valence-corrected chi connectivity index (χ2v) is 7.01. The van der Waals surface area contributed by atoms with Crippen molar-refractivity contribution in [3.63, 3.8) is 0 Å². The number of rotatable bonds is 2. The van der Waals surface area contributed by atoms with E-state index in [4.69, 9.17) is 4.42 Å². The van der Waals surface area contributed by atoms with E-state index in [1.165, 1.54) is 4.57 Å². The van der Waals surface area contributed by atoms with Crippen LogP contribution in [0.3, 0.4) is 0 Å². The Kier molecular flexibility index (Phi) is 4.70. The summed E-state index contributed by atoms with van der Waals surface area (Å²) in [6.07, 6.45) is 3.49. The maximum atomic E-state index is 12.9. The number of urea groups is 1. The summed E-state index contributed by atoms with van der Waals surface area (Å²) in [4.78, 5) is 27.0. The Labute approximate surface area is 147 Å². The number of piperidine rings is 1. The number of nitrogens with one attached hydrogen (secondary N) is 1. The molecule has 0 aromatic carbocycles. The molecule has 3 rings (SSSR count). The van der Waals surface area contributed by atoms with E-state index in [0.29, 0.717) is 18.2 Å². The van der Waals surface area contributed by atoms with Crippen LogP contribution in [0.25, 0.3) is 0 Å². The van der Waals surface area contributed by atoms with E-state index in [-0.39, 0.29) is 17.6 Å². The number of hydrogen-bond donors (Lipinski definition) is 1. The zero-order valence-electron chi connectivity index (χ0n) is 15.2. The Hall–Kier alpha value is -2.50. The van der Waals surface area contributed by atoms with Crippen LogP contribution in [-0.4, -0.2) is 22.0 Å². The molecule has 2 amide bonds. The lowest BCUT2D eigenvalue weighted by Gasteiger charge is -2.37. The van der Waals surface area contributed by atoms with Gasteiger partial charge in [-0.3, -0.25) is 4.79 Å². The Bertz CT molecular complexity index is 837. The number of anilines is 1. The van der Waals surface area contributed by atoms with Gasteiger partial charge in [0.15, 0.2) is 0 Å². The topological polar surface area (TPSA) is 67.5 Å². The summed E-state index contributed by atoms with van der Waals surface area (Å²) < 4.78 is 7.25. The van der Waals surface area contributed by atoms with Crippen LogP contribution >= 0.6 is 0 Å². The smallest absolute Gasteiger partial charge is 0.322 e. The van der Waals surface area contributed by atoms with E-state index in [1.807, 2.05) is 32.0 Å². The van der Waals surface area contributed by atoms with Crippen LogP contribution in [0.2, 0.25) is 0 Å². The predicted octanol–water partition coefficient (Wildman–Crippen LogP) is 3.60. The van der Waals surface area contributed by atoms with Crippen LogP contribution in [0.5, 0.6) is 0 Å². The molecule has 0 spiro atoms. The fourth-order valence-electron chi connectivity index (χ4n) is 3.34. The van der Waals surface area contributed by atoms with Gasteiger partial charge in [0.05, 0.1) is 6.04 Å². The molecule has 1 aliphatic rings. The number of aryl methyl sites for hydroxylation is 3. The van der Waals surface area contributed by atoms with Crippen LogP contribution in [-0.2, 0) is 7.05 Å². The van der Waals surface area contributed by atoms with Crippen molar-refractivity contribution in [2.24, 2.45) is 13.0 Å². The third kappa shape index (κ3) is 3.48. The summed E-state index contributed by atoms with van der Waals surface area (Å²) in [6.45, 7) is 6.55. The average molecular weight is 343 g/mol. The maximum absolute atomic E-state index is 12.9. The van der Waals surface area contributed by atoms with Crippen molar-refractivity contribution < 1.29 is 9.21 Å². The summed E-state index contributed by atoms with van der Waals surface area (Å²) in [5, 5.41) is 2.82. The predicted molar refractivity (Wildman–Crippen MR) is 96.7 cm³/mol. The van der Waals surface area contributed by atoms with Gasteiger partial charge in [-0.15, -0.1) is 0 Å². The van der Waals surface area contributed by atoms with E-state index in [1.54, 1.807) is 18.1 Å². The molecular weight excluding hydrogens is 318 g/mol. The number of nitrogens with zero attached hydrogens (tertiary/aromatic N) is 2. The number of furan rings is 1. The summed E-state index contributed by atoms with van der Waals surface area (Å²) in [5.74, 6) is 2.16. The van der Waals surface area contributed by atoms with Crippen LogP contribution in [0.1, 0.15) is 42.9 Å². The zero-order chi connectivity index (χ0) is 18.1. The van der Waals surface area contributed by atoms with Gasteiger partial charge in [-0.25, -0.2) is 4.79 Å². The molecule has 6 heteroatoms. The fraction of sp³-hybridized carbons (Fsp3) is 0.474. The first-order valence-electron chi connectivity index (χ1n) is 8.67. The van der Waals surface area contributed by atoms with Crippen LogP contribution in [0.4, 0.5) is 10.5 Å². The third-order valence-electron chi connectivity index (χ3n) is 4.92. The van der Waals surface area contributed by atoms with Crippen molar-refractivity contribution in [3.8, 4) is 0 Å². The molecule has 134 valence electrons. The number of hydrogen-bond acceptors (Lipinski definition) is 3. The molecule has 2 atom stereocenters. The van der Waals surface area contributed by atoms with Crippen LogP contribution in [0.15, 0.2) is 33.6 Å². The molecule has 1 fully saturated rings. The first-order chi connectivity index (χ1) is 11.9.